The van der Waals surface area contributed by atoms with Gasteiger partial charge in [0.05, 0.1) is 17.9 Å². The SMILES string of the molecule is CCOC(=O)c1c(NC(=O)CSc2nnc(CC)o2)oc(C)c1C(C)=O. The predicted octanol–water partition coefficient (Wildman–Crippen LogP) is 2.64. The number of esters is 1. The number of amides is 1. The minimum absolute atomic E-state index is 0.0389. The van der Waals surface area contributed by atoms with Gasteiger partial charge in [0.1, 0.15) is 11.3 Å². The average molecular weight is 381 g/mol. The predicted molar refractivity (Wildman–Crippen MR) is 92.4 cm³/mol. The van der Waals surface area contributed by atoms with Crippen LogP contribution in [0.5, 0.6) is 0 Å². The Morgan fingerprint density at radius 1 is 1.15 bits per heavy atom. The summed E-state index contributed by atoms with van der Waals surface area (Å²) in [6.07, 6.45) is 0.599. The number of aryl methyl sites for hydroxylation is 2. The van der Waals surface area contributed by atoms with Gasteiger partial charge in [-0.25, -0.2) is 4.79 Å². The Labute approximate surface area is 153 Å². The molecule has 0 radical (unpaired) electrons. The summed E-state index contributed by atoms with van der Waals surface area (Å²) >= 11 is 1.05. The maximum Gasteiger partial charge on any atom is 0.344 e. The molecule has 0 aliphatic rings. The van der Waals surface area contributed by atoms with Crippen molar-refractivity contribution in [1.82, 2.24) is 10.2 Å². The molecule has 0 fully saturated rings. The molecule has 0 aliphatic carbocycles. The van der Waals surface area contributed by atoms with Crippen molar-refractivity contribution in [2.24, 2.45) is 0 Å². The summed E-state index contributed by atoms with van der Waals surface area (Å²) in [6.45, 7) is 6.48. The van der Waals surface area contributed by atoms with E-state index in [-0.39, 0.29) is 46.1 Å². The lowest BCUT2D eigenvalue weighted by Gasteiger charge is -2.05. The summed E-state index contributed by atoms with van der Waals surface area (Å²) in [4.78, 5) is 36.2. The van der Waals surface area contributed by atoms with E-state index in [1.807, 2.05) is 6.92 Å². The lowest BCUT2D eigenvalue weighted by Crippen LogP contribution is -2.17. The van der Waals surface area contributed by atoms with Gasteiger partial charge in [-0.1, -0.05) is 18.7 Å². The molecule has 2 rings (SSSR count). The van der Waals surface area contributed by atoms with Gasteiger partial charge in [0.2, 0.25) is 17.7 Å². The van der Waals surface area contributed by atoms with Gasteiger partial charge in [0, 0.05) is 6.42 Å². The number of carbonyl (C=O) groups excluding carboxylic acids is 3. The second kappa shape index (κ2) is 8.65. The molecule has 2 aromatic rings. The zero-order valence-electron chi connectivity index (χ0n) is 14.9. The van der Waals surface area contributed by atoms with Crippen LogP contribution in [0.25, 0.3) is 0 Å². The fourth-order valence-corrected chi connectivity index (χ4v) is 2.76. The molecule has 0 saturated heterocycles. The van der Waals surface area contributed by atoms with E-state index in [9.17, 15) is 14.4 Å². The summed E-state index contributed by atoms with van der Waals surface area (Å²) in [5.41, 5.74) is 0.0113. The van der Waals surface area contributed by atoms with Gasteiger partial charge in [-0.3, -0.25) is 14.9 Å². The van der Waals surface area contributed by atoms with E-state index in [0.717, 1.165) is 11.8 Å². The molecule has 1 amide bonds. The molecule has 9 nitrogen and oxygen atoms in total. The van der Waals surface area contributed by atoms with E-state index in [0.29, 0.717) is 12.3 Å². The quantitative estimate of drug-likeness (QED) is 0.417. The van der Waals surface area contributed by atoms with Gasteiger partial charge in [0.15, 0.2) is 5.78 Å². The van der Waals surface area contributed by atoms with Gasteiger partial charge in [-0.15, -0.1) is 10.2 Å². The summed E-state index contributed by atoms with van der Waals surface area (Å²) in [6, 6.07) is 0. The van der Waals surface area contributed by atoms with Crippen LogP contribution in [0.2, 0.25) is 0 Å². The number of anilines is 1. The van der Waals surface area contributed by atoms with Crippen LogP contribution < -0.4 is 5.32 Å². The van der Waals surface area contributed by atoms with Crippen LogP contribution in [0.15, 0.2) is 14.1 Å². The van der Waals surface area contributed by atoms with Gasteiger partial charge in [0.25, 0.3) is 5.22 Å². The maximum absolute atomic E-state index is 12.2. The van der Waals surface area contributed by atoms with Crippen molar-refractivity contribution in [2.45, 2.75) is 39.3 Å². The van der Waals surface area contributed by atoms with Gasteiger partial charge >= 0.3 is 5.97 Å². The molecule has 0 unspecified atom stereocenters. The van der Waals surface area contributed by atoms with Crippen molar-refractivity contribution in [3.8, 4) is 0 Å². The highest BCUT2D eigenvalue weighted by molar-refractivity contribution is 7.99. The lowest BCUT2D eigenvalue weighted by molar-refractivity contribution is -0.113. The largest absolute Gasteiger partial charge is 0.462 e. The van der Waals surface area contributed by atoms with Crippen LogP contribution >= 0.6 is 11.8 Å². The molecule has 0 aliphatic heterocycles. The molecule has 2 aromatic heterocycles. The van der Waals surface area contributed by atoms with Crippen LogP contribution in [0.1, 0.15) is 53.1 Å². The summed E-state index contributed by atoms with van der Waals surface area (Å²) in [5.74, 6) is -0.998. The first-order valence-electron chi connectivity index (χ1n) is 7.93. The highest BCUT2D eigenvalue weighted by Crippen LogP contribution is 2.29. The summed E-state index contributed by atoms with van der Waals surface area (Å²) in [7, 11) is 0. The van der Waals surface area contributed by atoms with Crippen molar-refractivity contribution < 1.29 is 28.0 Å². The highest BCUT2D eigenvalue weighted by Gasteiger charge is 2.28. The van der Waals surface area contributed by atoms with Crippen molar-refractivity contribution in [1.29, 1.82) is 0 Å². The van der Waals surface area contributed by atoms with Gasteiger partial charge in [-0.05, 0) is 20.8 Å². The van der Waals surface area contributed by atoms with Crippen molar-refractivity contribution in [3.63, 3.8) is 0 Å². The molecule has 0 spiro atoms. The van der Waals surface area contributed by atoms with E-state index >= 15 is 0 Å². The van der Waals surface area contributed by atoms with Crippen LogP contribution in [0, 0.1) is 6.92 Å². The molecule has 26 heavy (non-hydrogen) atoms. The van der Waals surface area contributed by atoms with E-state index in [2.05, 4.69) is 15.5 Å². The van der Waals surface area contributed by atoms with Gasteiger partial charge in [-0.2, -0.15) is 0 Å². The molecule has 0 atom stereocenters. The first kappa shape index (κ1) is 19.7. The summed E-state index contributed by atoms with van der Waals surface area (Å²) in [5, 5.41) is 10.4. The van der Waals surface area contributed by atoms with E-state index < -0.39 is 11.9 Å². The molecule has 140 valence electrons. The number of thioether (sulfide) groups is 1. The third-order valence-corrected chi connectivity index (χ3v) is 4.06. The van der Waals surface area contributed by atoms with E-state index in [1.54, 1.807) is 6.92 Å². The number of ether oxygens (including phenoxy) is 1. The molecule has 1 N–H and O–H groups in total. The molecule has 2 heterocycles. The van der Waals surface area contributed by atoms with E-state index in [4.69, 9.17) is 13.6 Å². The Bertz CT molecular complexity index is 826. The number of carbonyl (C=O) groups is 3. The number of hydrogen-bond acceptors (Lipinski definition) is 9. The zero-order valence-corrected chi connectivity index (χ0v) is 15.7. The molecule has 0 saturated carbocycles. The Kier molecular flexibility index (Phi) is 6.56. The van der Waals surface area contributed by atoms with Crippen molar-refractivity contribution >= 4 is 35.3 Å². The Morgan fingerprint density at radius 2 is 1.88 bits per heavy atom. The van der Waals surface area contributed by atoms with Crippen LogP contribution in [0.4, 0.5) is 5.88 Å². The third-order valence-electron chi connectivity index (χ3n) is 3.25. The number of nitrogens with zero attached hydrogens (tertiary/aromatic N) is 2. The number of Topliss-reactive ketones (excluding diaryl/α,β-unsaturated/α-hetero) is 1. The number of furan rings is 1. The first-order chi connectivity index (χ1) is 12.4. The monoisotopic (exact) mass is 381 g/mol. The number of aromatic nitrogens is 2. The minimum Gasteiger partial charge on any atom is -0.462 e. The molecule has 0 aromatic carbocycles. The number of ketones is 1. The number of rotatable bonds is 8. The molecular formula is C16H19N3O6S. The van der Waals surface area contributed by atoms with Gasteiger partial charge < -0.3 is 13.6 Å². The maximum atomic E-state index is 12.2. The highest BCUT2D eigenvalue weighted by atomic mass is 32.2. The smallest absolute Gasteiger partial charge is 0.344 e. The summed E-state index contributed by atoms with van der Waals surface area (Å²) < 4.78 is 15.7. The van der Waals surface area contributed by atoms with E-state index in [1.165, 1.54) is 13.8 Å². The minimum atomic E-state index is -0.734. The van der Waals surface area contributed by atoms with Crippen molar-refractivity contribution in [3.05, 3.63) is 22.8 Å². The second-order valence-corrected chi connectivity index (χ2v) is 6.09. The van der Waals surface area contributed by atoms with Crippen molar-refractivity contribution in [2.75, 3.05) is 17.7 Å². The number of nitrogens with one attached hydrogen (secondary N) is 1. The number of hydrogen-bond donors (Lipinski definition) is 1. The fraction of sp³-hybridized carbons (Fsp3) is 0.438. The normalized spacial score (nSPS) is 10.6. The Balaban J connectivity index is 2.14. The standard InChI is InChI=1S/C16H19N3O6S/c1-5-11-18-19-16(25-11)26-7-10(21)17-14-13(15(22)23-6-2)12(8(3)20)9(4)24-14/h5-7H2,1-4H3,(H,17,21). The van der Waals surface area contributed by atoms with Crippen LogP contribution in [0.3, 0.4) is 0 Å². The average Bonchev–Trinajstić information content (AvgIpc) is 3.17. The Hall–Kier alpha value is -2.62. The zero-order chi connectivity index (χ0) is 19.3. The third kappa shape index (κ3) is 4.51. The topological polar surface area (TPSA) is 125 Å². The lowest BCUT2D eigenvalue weighted by atomic mass is 10.1. The van der Waals surface area contributed by atoms with Crippen LogP contribution in [-0.4, -0.2) is 40.2 Å². The molecule has 0 bridgehead atoms. The molecule has 10 heteroatoms. The van der Waals surface area contributed by atoms with Crippen LogP contribution in [-0.2, 0) is 16.0 Å². The first-order valence-corrected chi connectivity index (χ1v) is 8.92. The second-order valence-electron chi connectivity index (χ2n) is 5.17. The Morgan fingerprint density at radius 3 is 2.46 bits per heavy atom. The molecular weight excluding hydrogens is 362 g/mol. The fourth-order valence-electron chi connectivity index (χ4n) is 2.18.